The molecule has 1 fully saturated rings. The average molecular weight is 249 g/mol. The molecule has 1 aliphatic heterocycles. The maximum Gasteiger partial charge on any atom is 0.191 e. The minimum Gasteiger partial charge on any atom is -0.370 e. The molecule has 0 bridgehead atoms. The summed E-state index contributed by atoms with van der Waals surface area (Å²) in [6.45, 7) is 2.80. The number of thioether (sulfide) groups is 1. The minimum atomic E-state index is 0.682. The van der Waals surface area contributed by atoms with Crippen molar-refractivity contribution < 1.29 is 0 Å². The normalized spacial score (nSPS) is 15.8. The molecule has 1 heterocycles. The molecular formula is C13H19N3S. The van der Waals surface area contributed by atoms with Crippen LogP contribution in [0.5, 0.6) is 0 Å². The smallest absolute Gasteiger partial charge is 0.191 e. The summed E-state index contributed by atoms with van der Waals surface area (Å²) in [5.74, 6) is 1.75. The Kier molecular flexibility index (Phi) is 4.31. The predicted octanol–water partition coefficient (Wildman–Crippen LogP) is 2.07. The van der Waals surface area contributed by atoms with Gasteiger partial charge in [0, 0.05) is 18.8 Å². The second-order valence-corrected chi connectivity index (χ2v) is 5.13. The quantitative estimate of drug-likeness (QED) is 0.656. The van der Waals surface area contributed by atoms with E-state index in [9.17, 15) is 0 Å². The molecule has 0 aliphatic carbocycles. The first kappa shape index (κ1) is 12.3. The van der Waals surface area contributed by atoms with Gasteiger partial charge in [-0.25, -0.2) is 4.99 Å². The Morgan fingerprint density at radius 3 is 2.47 bits per heavy atom. The third-order valence-corrected chi connectivity index (χ3v) is 3.56. The van der Waals surface area contributed by atoms with Gasteiger partial charge in [-0.05, 0) is 23.8 Å². The van der Waals surface area contributed by atoms with E-state index in [1.165, 1.54) is 17.5 Å². The highest BCUT2D eigenvalue weighted by Gasteiger charge is 2.14. The van der Waals surface area contributed by atoms with Crippen LogP contribution in [0.15, 0.2) is 29.3 Å². The summed E-state index contributed by atoms with van der Waals surface area (Å²) in [5.41, 5.74) is 8.46. The maximum absolute atomic E-state index is 5.88. The molecule has 0 unspecified atom stereocenters. The van der Waals surface area contributed by atoms with Crippen LogP contribution in [0.2, 0.25) is 0 Å². The molecule has 0 saturated carbocycles. The summed E-state index contributed by atoms with van der Waals surface area (Å²) < 4.78 is 0. The monoisotopic (exact) mass is 249 g/mol. The zero-order chi connectivity index (χ0) is 12.1. The van der Waals surface area contributed by atoms with Crippen LogP contribution < -0.4 is 5.73 Å². The number of likely N-dealkylation sites (tertiary alicyclic amines) is 1. The topological polar surface area (TPSA) is 41.6 Å². The van der Waals surface area contributed by atoms with Crippen molar-refractivity contribution >= 4 is 17.7 Å². The highest BCUT2D eigenvalue weighted by Crippen LogP contribution is 2.11. The summed E-state index contributed by atoms with van der Waals surface area (Å²) in [7, 11) is 0. The van der Waals surface area contributed by atoms with Crippen LogP contribution in [-0.2, 0) is 12.3 Å². The van der Waals surface area contributed by atoms with Crippen molar-refractivity contribution in [2.45, 2.75) is 18.7 Å². The molecule has 17 heavy (non-hydrogen) atoms. The minimum absolute atomic E-state index is 0.682. The van der Waals surface area contributed by atoms with Gasteiger partial charge in [-0.15, -0.1) is 0 Å². The van der Waals surface area contributed by atoms with Crippen LogP contribution in [0.4, 0.5) is 0 Å². The van der Waals surface area contributed by atoms with Crippen molar-refractivity contribution in [2.24, 2.45) is 10.7 Å². The summed E-state index contributed by atoms with van der Waals surface area (Å²) in [5, 5.41) is 0. The lowest BCUT2D eigenvalue weighted by molar-refractivity contribution is 0.295. The maximum atomic E-state index is 5.88. The van der Waals surface area contributed by atoms with E-state index in [-0.39, 0.29) is 0 Å². The summed E-state index contributed by atoms with van der Waals surface area (Å²) in [4.78, 5) is 6.52. The van der Waals surface area contributed by atoms with Crippen molar-refractivity contribution in [3.05, 3.63) is 35.4 Å². The van der Waals surface area contributed by atoms with E-state index < -0.39 is 0 Å². The summed E-state index contributed by atoms with van der Waals surface area (Å²) >= 11 is 1.84. The largest absolute Gasteiger partial charge is 0.370 e. The van der Waals surface area contributed by atoms with Gasteiger partial charge in [0.2, 0.25) is 0 Å². The molecule has 2 rings (SSSR count). The van der Waals surface area contributed by atoms with E-state index in [0.717, 1.165) is 18.8 Å². The van der Waals surface area contributed by atoms with E-state index >= 15 is 0 Å². The van der Waals surface area contributed by atoms with Crippen LogP contribution in [-0.4, -0.2) is 30.2 Å². The van der Waals surface area contributed by atoms with Gasteiger partial charge in [-0.3, -0.25) is 0 Å². The van der Waals surface area contributed by atoms with Crippen molar-refractivity contribution in [2.75, 3.05) is 19.3 Å². The van der Waals surface area contributed by atoms with Crippen molar-refractivity contribution in [3.63, 3.8) is 0 Å². The number of hydrogen-bond donors (Lipinski definition) is 1. The standard InChI is InChI=1S/C13H19N3S/c1-17-10-12-5-3-11(4-6-12)9-15-13(14)16-7-2-8-16/h3-6H,2,7-10H2,1H3,(H2,14,15). The Morgan fingerprint density at radius 1 is 1.29 bits per heavy atom. The van der Waals surface area contributed by atoms with Gasteiger partial charge in [-0.2, -0.15) is 11.8 Å². The number of aliphatic imine (C=N–C) groups is 1. The third-order valence-electron chi connectivity index (χ3n) is 2.94. The van der Waals surface area contributed by atoms with Gasteiger partial charge in [0.15, 0.2) is 5.96 Å². The molecule has 0 amide bonds. The van der Waals surface area contributed by atoms with E-state index in [4.69, 9.17) is 5.73 Å². The molecule has 4 heteroatoms. The number of nitrogens with two attached hydrogens (primary N) is 1. The zero-order valence-electron chi connectivity index (χ0n) is 10.2. The van der Waals surface area contributed by atoms with Gasteiger partial charge in [0.25, 0.3) is 0 Å². The number of guanidine groups is 1. The Labute approximate surface area is 107 Å². The Morgan fingerprint density at radius 2 is 1.94 bits per heavy atom. The lowest BCUT2D eigenvalue weighted by atomic mass is 10.1. The number of hydrogen-bond acceptors (Lipinski definition) is 2. The molecule has 1 aliphatic rings. The Bertz CT molecular complexity index is 382. The summed E-state index contributed by atoms with van der Waals surface area (Å²) in [6.07, 6.45) is 3.35. The first-order valence-electron chi connectivity index (χ1n) is 5.91. The molecule has 2 N–H and O–H groups in total. The van der Waals surface area contributed by atoms with Crippen molar-refractivity contribution in [1.82, 2.24) is 4.90 Å². The lowest BCUT2D eigenvalue weighted by Gasteiger charge is -2.31. The number of rotatable bonds is 4. The van der Waals surface area contributed by atoms with Gasteiger partial charge in [0.1, 0.15) is 0 Å². The second-order valence-electron chi connectivity index (χ2n) is 4.26. The molecule has 1 aromatic rings. The second kappa shape index (κ2) is 5.96. The van der Waals surface area contributed by atoms with E-state index in [1.54, 1.807) is 0 Å². The van der Waals surface area contributed by atoms with E-state index in [2.05, 4.69) is 40.4 Å². The highest BCUT2D eigenvalue weighted by molar-refractivity contribution is 7.97. The summed E-state index contributed by atoms with van der Waals surface area (Å²) in [6, 6.07) is 8.61. The first-order chi connectivity index (χ1) is 8.29. The molecule has 92 valence electrons. The molecule has 1 aromatic carbocycles. The molecular weight excluding hydrogens is 230 g/mol. The molecule has 0 atom stereocenters. The van der Waals surface area contributed by atoms with Crippen molar-refractivity contribution in [3.8, 4) is 0 Å². The van der Waals surface area contributed by atoms with Gasteiger partial charge in [0.05, 0.1) is 6.54 Å². The van der Waals surface area contributed by atoms with Gasteiger partial charge >= 0.3 is 0 Å². The Balaban J connectivity index is 1.89. The fourth-order valence-corrected chi connectivity index (χ4v) is 2.25. The predicted molar refractivity (Wildman–Crippen MR) is 75.2 cm³/mol. The van der Waals surface area contributed by atoms with Crippen LogP contribution >= 0.6 is 11.8 Å². The number of benzene rings is 1. The lowest BCUT2D eigenvalue weighted by Crippen LogP contribution is -2.46. The van der Waals surface area contributed by atoms with E-state index in [0.29, 0.717) is 12.5 Å². The SMILES string of the molecule is CSCc1ccc(CN=C(N)N2CCC2)cc1. The highest BCUT2D eigenvalue weighted by atomic mass is 32.2. The fraction of sp³-hybridized carbons (Fsp3) is 0.462. The van der Waals surface area contributed by atoms with Gasteiger partial charge < -0.3 is 10.6 Å². The number of nitrogens with zero attached hydrogens (tertiary/aromatic N) is 2. The average Bonchev–Trinajstić information content (AvgIpc) is 2.26. The third kappa shape index (κ3) is 3.40. The fourth-order valence-electron chi connectivity index (χ4n) is 1.73. The molecule has 0 spiro atoms. The van der Waals surface area contributed by atoms with E-state index in [1.807, 2.05) is 11.8 Å². The zero-order valence-corrected chi connectivity index (χ0v) is 11.0. The first-order valence-corrected chi connectivity index (χ1v) is 7.30. The molecule has 1 saturated heterocycles. The van der Waals surface area contributed by atoms with Crippen LogP contribution in [0.25, 0.3) is 0 Å². The van der Waals surface area contributed by atoms with Crippen LogP contribution in [0.3, 0.4) is 0 Å². The molecule has 0 radical (unpaired) electrons. The van der Waals surface area contributed by atoms with Gasteiger partial charge in [-0.1, -0.05) is 24.3 Å². The van der Waals surface area contributed by atoms with Crippen LogP contribution in [0, 0.1) is 0 Å². The molecule has 3 nitrogen and oxygen atoms in total. The van der Waals surface area contributed by atoms with Crippen molar-refractivity contribution in [1.29, 1.82) is 0 Å². The molecule has 0 aromatic heterocycles. The van der Waals surface area contributed by atoms with Crippen LogP contribution in [0.1, 0.15) is 17.5 Å². The Hall–Kier alpha value is -1.16.